The maximum Gasteiger partial charge on any atom is 0.433 e. The highest BCUT2D eigenvalue weighted by Gasteiger charge is 2.39. The van der Waals surface area contributed by atoms with Crippen LogP contribution >= 0.6 is 0 Å². The van der Waals surface area contributed by atoms with Crippen molar-refractivity contribution in [3.05, 3.63) is 53.6 Å². The van der Waals surface area contributed by atoms with E-state index >= 15 is 0 Å². The fraction of sp³-hybridized carbons (Fsp3) is 0.391. The third kappa shape index (κ3) is 4.78. The summed E-state index contributed by atoms with van der Waals surface area (Å²) in [6.07, 6.45) is 2.88. The maximum atomic E-state index is 13.5. The van der Waals surface area contributed by atoms with E-state index in [4.69, 9.17) is 5.73 Å². The summed E-state index contributed by atoms with van der Waals surface area (Å²) in [5.41, 5.74) is 5.99. The van der Waals surface area contributed by atoms with Crippen molar-refractivity contribution in [2.75, 3.05) is 13.1 Å². The van der Waals surface area contributed by atoms with E-state index in [1.807, 2.05) is 6.92 Å². The molecule has 4 heterocycles. The molecule has 2 aliphatic rings. The van der Waals surface area contributed by atoms with Gasteiger partial charge in [-0.1, -0.05) is 0 Å². The van der Waals surface area contributed by atoms with Crippen LogP contribution in [0.5, 0.6) is 0 Å². The number of carbonyl (C=O) groups excluding carboxylic acids is 1. The van der Waals surface area contributed by atoms with E-state index in [0.29, 0.717) is 30.2 Å². The first-order valence-electron chi connectivity index (χ1n) is 11.1. The number of aryl methyl sites for hydroxylation is 1. The van der Waals surface area contributed by atoms with Crippen molar-refractivity contribution >= 4 is 17.7 Å². The van der Waals surface area contributed by atoms with Crippen LogP contribution in [-0.2, 0) is 11.0 Å². The zero-order valence-electron chi connectivity index (χ0n) is 19.1. The normalized spacial score (nSPS) is 17.9. The molecule has 0 spiro atoms. The van der Waals surface area contributed by atoms with Crippen molar-refractivity contribution in [2.24, 2.45) is 5.73 Å². The Morgan fingerprint density at radius 2 is 1.86 bits per heavy atom. The van der Waals surface area contributed by atoms with Gasteiger partial charge in [0, 0.05) is 60.0 Å². The van der Waals surface area contributed by atoms with Crippen LogP contribution in [-0.4, -0.2) is 59.2 Å². The van der Waals surface area contributed by atoms with Gasteiger partial charge in [0.2, 0.25) is 0 Å². The van der Waals surface area contributed by atoms with Gasteiger partial charge < -0.3 is 10.6 Å². The van der Waals surface area contributed by atoms with E-state index in [1.54, 1.807) is 17.9 Å². The quantitative estimate of drug-likeness (QED) is 0.554. The lowest BCUT2D eigenvalue weighted by Gasteiger charge is -2.45. The topological polar surface area (TPSA) is 116 Å². The van der Waals surface area contributed by atoms with Crippen LogP contribution in [0.2, 0.25) is 0 Å². The molecule has 1 amide bonds. The van der Waals surface area contributed by atoms with Crippen LogP contribution in [0.4, 0.5) is 13.2 Å². The first kappa shape index (κ1) is 23.1. The minimum absolute atomic E-state index is 0.0196. The molecule has 3 aromatic rings. The minimum Gasteiger partial charge on any atom is -0.335 e. The highest BCUT2D eigenvalue weighted by atomic mass is 19.4. The molecule has 0 unspecified atom stereocenters. The van der Waals surface area contributed by atoms with Gasteiger partial charge in [0.25, 0.3) is 5.91 Å². The van der Waals surface area contributed by atoms with E-state index in [1.165, 1.54) is 29.6 Å². The molecule has 1 saturated heterocycles. The van der Waals surface area contributed by atoms with Gasteiger partial charge in [-0.2, -0.15) is 13.2 Å². The third-order valence-electron chi connectivity index (χ3n) is 5.94. The largest absolute Gasteiger partial charge is 0.433 e. The van der Waals surface area contributed by atoms with Gasteiger partial charge in [-0.15, -0.1) is 5.10 Å². The second kappa shape index (κ2) is 8.22. The van der Waals surface area contributed by atoms with E-state index in [9.17, 15) is 18.0 Å². The van der Waals surface area contributed by atoms with Crippen LogP contribution < -0.4 is 5.73 Å². The molecule has 9 nitrogen and oxygen atoms in total. The second-order valence-corrected chi connectivity index (χ2v) is 9.35. The van der Waals surface area contributed by atoms with Gasteiger partial charge in [-0.05, 0) is 38.8 Å². The molecule has 0 aromatic carbocycles. The third-order valence-corrected chi connectivity index (χ3v) is 5.94. The zero-order chi connectivity index (χ0) is 25.0. The van der Waals surface area contributed by atoms with Crippen LogP contribution in [0.1, 0.15) is 48.5 Å². The Kier molecular flexibility index (Phi) is 5.42. The zero-order valence-corrected chi connectivity index (χ0v) is 19.1. The maximum absolute atomic E-state index is 13.5. The van der Waals surface area contributed by atoms with Crippen LogP contribution in [0, 0.1) is 6.92 Å². The van der Waals surface area contributed by atoms with Crippen LogP contribution in [0.25, 0.3) is 23.2 Å². The summed E-state index contributed by atoms with van der Waals surface area (Å²) in [6.45, 7) is 4.30. The number of pyridine rings is 1. The van der Waals surface area contributed by atoms with Gasteiger partial charge in [-0.25, -0.2) is 24.6 Å². The van der Waals surface area contributed by atoms with Gasteiger partial charge in [0.15, 0.2) is 5.82 Å². The van der Waals surface area contributed by atoms with E-state index in [2.05, 4.69) is 25.0 Å². The minimum atomic E-state index is -4.58. The van der Waals surface area contributed by atoms with Crippen molar-refractivity contribution < 1.29 is 18.0 Å². The van der Waals surface area contributed by atoms with Gasteiger partial charge in [-0.3, -0.25) is 4.79 Å². The molecule has 1 aliphatic carbocycles. The molecule has 0 atom stereocenters. The van der Waals surface area contributed by atoms with E-state index in [-0.39, 0.29) is 28.8 Å². The highest BCUT2D eigenvalue weighted by molar-refractivity contribution is 6.23. The molecule has 35 heavy (non-hydrogen) atoms. The van der Waals surface area contributed by atoms with Crippen molar-refractivity contribution in [1.29, 1.82) is 0 Å². The Labute approximate surface area is 198 Å². The molecule has 2 N–H and O–H groups in total. The summed E-state index contributed by atoms with van der Waals surface area (Å²) in [7, 11) is 0. The van der Waals surface area contributed by atoms with Gasteiger partial charge in [0.05, 0.1) is 5.57 Å². The number of aromatic nitrogens is 6. The summed E-state index contributed by atoms with van der Waals surface area (Å²) in [6, 6.07) is 2.56. The SMILES string of the molecule is Cc1nc(-c2cc(C3CC3)nc(C(F)(F)F)c2)nn1/C=C(/C(=O)N1CC(C)(N)C1)c1cncnc1. The predicted molar refractivity (Wildman–Crippen MR) is 120 cm³/mol. The molecule has 5 rings (SSSR count). The van der Waals surface area contributed by atoms with Gasteiger partial charge in [0.1, 0.15) is 17.8 Å². The van der Waals surface area contributed by atoms with Crippen LogP contribution in [0.15, 0.2) is 30.9 Å². The van der Waals surface area contributed by atoms with Crippen molar-refractivity contribution in [3.63, 3.8) is 0 Å². The standard InChI is InChI=1S/C23H23F3N8O/c1-13-30-20(15-5-18(14-3-4-14)31-19(6-15)23(24,25)26)32-34(13)9-17(16-7-28-12-29-8-16)21(35)33-10-22(2,27)11-33/h5-9,12,14H,3-4,10-11,27H2,1-2H3/b17-9+. The average Bonchev–Trinajstić information content (AvgIpc) is 3.58. The molecule has 1 saturated carbocycles. The molecule has 3 aromatic heterocycles. The Bertz CT molecular complexity index is 1300. The summed E-state index contributed by atoms with van der Waals surface area (Å²) < 4.78 is 41.8. The number of nitrogens with zero attached hydrogens (tertiary/aromatic N) is 7. The van der Waals surface area contributed by atoms with Crippen molar-refractivity contribution in [2.45, 2.75) is 44.3 Å². The number of nitrogens with two attached hydrogens (primary N) is 1. The Balaban J connectivity index is 1.54. The molecule has 0 bridgehead atoms. The number of hydrogen-bond acceptors (Lipinski definition) is 7. The van der Waals surface area contributed by atoms with E-state index < -0.39 is 17.4 Å². The number of carbonyl (C=O) groups is 1. The van der Waals surface area contributed by atoms with E-state index in [0.717, 1.165) is 18.9 Å². The molecule has 12 heteroatoms. The molecule has 2 fully saturated rings. The molecule has 0 radical (unpaired) electrons. The number of likely N-dealkylation sites (tertiary alicyclic amines) is 1. The molecular formula is C23H23F3N8O. The van der Waals surface area contributed by atoms with Crippen molar-refractivity contribution in [3.8, 4) is 11.4 Å². The van der Waals surface area contributed by atoms with Crippen LogP contribution in [0.3, 0.4) is 0 Å². The summed E-state index contributed by atoms with van der Waals surface area (Å²) in [5.74, 6) is 0.251. The average molecular weight is 484 g/mol. The van der Waals surface area contributed by atoms with Crippen molar-refractivity contribution in [1.82, 2.24) is 34.6 Å². The number of amides is 1. The Hall–Kier alpha value is -3.67. The van der Waals surface area contributed by atoms with Gasteiger partial charge >= 0.3 is 6.18 Å². The number of hydrogen-bond donors (Lipinski definition) is 1. The highest BCUT2D eigenvalue weighted by Crippen LogP contribution is 2.41. The fourth-order valence-electron chi connectivity index (χ4n) is 4.01. The number of alkyl halides is 3. The fourth-order valence-corrected chi connectivity index (χ4v) is 4.01. The number of halogens is 3. The monoisotopic (exact) mass is 484 g/mol. The predicted octanol–water partition coefficient (Wildman–Crippen LogP) is 2.89. The smallest absolute Gasteiger partial charge is 0.335 e. The summed E-state index contributed by atoms with van der Waals surface area (Å²) >= 11 is 0. The Morgan fingerprint density at radius 3 is 2.46 bits per heavy atom. The Morgan fingerprint density at radius 1 is 1.17 bits per heavy atom. The lowest BCUT2D eigenvalue weighted by Crippen LogP contribution is -2.66. The molecule has 182 valence electrons. The molecule has 1 aliphatic heterocycles. The summed E-state index contributed by atoms with van der Waals surface area (Å²) in [4.78, 5) is 31.0. The molecular weight excluding hydrogens is 461 g/mol. The first-order valence-corrected chi connectivity index (χ1v) is 11.1. The summed E-state index contributed by atoms with van der Waals surface area (Å²) in [5, 5.41) is 4.40. The number of rotatable bonds is 5. The second-order valence-electron chi connectivity index (χ2n) is 9.35. The first-order chi connectivity index (χ1) is 16.5. The lowest BCUT2D eigenvalue weighted by molar-refractivity contribution is -0.141. The lowest BCUT2D eigenvalue weighted by atomic mass is 9.92.